The fourth-order valence-electron chi connectivity index (χ4n) is 2.70. The van der Waals surface area contributed by atoms with Crippen molar-refractivity contribution in [1.29, 1.82) is 0 Å². The smallest absolute Gasteiger partial charge is 0.125 e. The highest BCUT2D eigenvalue weighted by molar-refractivity contribution is 9.10. The van der Waals surface area contributed by atoms with E-state index in [4.69, 9.17) is 9.15 Å². The first-order valence-corrected chi connectivity index (χ1v) is 7.64. The molecular weight excluding hydrogens is 318 g/mol. The van der Waals surface area contributed by atoms with Crippen LogP contribution in [0.15, 0.2) is 33.2 Å². The molecule has 106 valence electrons. The molecule has 0 amide bonds. The van der Waals surface area contributed by atoms with Gasteiger partial charge in [0.15, 0.2) is 0 Å². The molecule has 0 saturated heterocycles. The first kappa shape index (κ1) is 13.7. The molecule has 1 unspecified atom stereocenters. The summed E-state index contributed by atoms with van der Waals surface area (Å²) in [6.07, 6.45) is 1.84. The molecular formula is C16H18BrNO2. The molecule has 1 aliphatic rings. The summed E-state index contributed by atoms with van der Waals surface area (Å²) in [5, 5.41) is 3.33. The number of furan rings is 1. The van der Waals surface area contributed by atoms with E-state index in [1.54, 1.807) is 0 Å². The number of ether oxygens (including phenoxy) is 1. The second-order valence-electron chi connectivity index (χ2n) is 5.15. The van der Waals surface area contributed by atoms with Gasteiger partial charge in [0.1, 0.15) is 17.3 Å². The zero-order valence-electron chi connectivity index (χ0n) is 11.7. The Hall–Kier alpha value is -1.26. The molecule has 1 aliphatic heterocycles. The van der Waals surface area contributed by atoms with Crippen LogP contribution in [-0.4, -0.2) is 13.7 Å². The molecule has 1 aromatic carbocycles. The van der Waals surface area contributed by atoms with Crippen molar-refractivity contribution in [2.45, 2.75) is 25.8 Å². The van der Waals surface area contributed by atoms with Gasteiger partial charge in [0.2, 0.25) is 0 Å². The highest BCUT2D eigenvalue weighted by Gasteiger charge is 2.21. The number of hydrogen-bond donors (Lipinski definition) is 1. The van der Waals surface area contributed by atoms with Crippen molar-refractivity contribution >= 4 is 15.9 Å². The molecule has 1 atom stereocenters. The van der Waals surface area contributed by atoms with Crippen LogP contribution in [0.25, 0.3) is 0 Å². The van der Waals surface area contributed by atoms with Gasteiger partial charge in [0.25, 0.3) is 0 Å². The van der Waals surface area contributed by atoms with Crippen molar-refractivity contribution in [2.24, 2.45) is 0 Å². The van der Waals surface area contributed by atoms with Crippen molar-refractivity contribution in [3.05, 3.63) is 51.4 Å². The Morgan fingerprint density at radius 3 is 2.90 bits per heavy atom. The van der Waals surface area contributed by atoms with E-state index in [0.29, 0.717) is 0 Å². The van der Waals surface area contributed by atoms with Gasteiger partial charge in [-0.1, -0.05) is 15.9 Å². The molecule has 0 fully saturated rings. The fourth-order valence-corrected chi connectivity index (χ4v) is 3.26. The lowest BCUT2D eigenvalue weighted by Gasteiger charge is -2.16. The van der Waals surface area contributed by atoms with Crippen LogP contribution in [0.5, 0.6) is 5.75 Å². The molecule has 2 heterocycles. The van der Waals surface area contributed by atoms with Crippen LogP contribution in [0.2, 0.25) is 0 Å². The van der Waals surface area contributed by atoms with Gasteiger partial charge in [-0.25, -0.2) is 0 Å². The molecule has 20 heavy (non-hydrogen) atoms. The van der Waals surface area contributed by atoms with Gasteiger partial charge in [-0.3, -0.25) is 0 Å². The number of nitrogens with one attached hydrogen (secondary N) is 1. The SMILES string of the molecule is CNC(Cc1cc(Br)cc2c1OCC2)c1ccc(C)o1. The predicted octanol–water partition coefficient (Wildman–Crippen LogP) is 3.79. The van der Waals surface area contributed by atoms with Crippen molar-refractivity contribution in [1.82, 2.24) is 5.32 Å². The quantitative estimate of drug-likeness (QED) is 0.923. The van der Waals surface area contributed by atoms with Crippen molar-refractivity contribution < 1.29 is 9.15 Å². The minimum Gasteiger partial charge on any atom is -0.493 e. The summed E-state index contributed by atoms with van der Waals surface area (Å²) in [5.41, 5.74) is 2.51. The van der Waals surface area contributed by atoms with E-state index in [1.807, 2.05) is 26.1 Å². The Morgan fingerprint density at radius 2 is 2.20 bits per heavy atom. The zero-order chi connectivity index (χ0) is 14.1. The standard InChI is InChI=1S/C16H18BrNO2/c1-10-3-4-15(20-10)14(18-2)9-12-8-13(17)7-11-5-6-19-16(11)12/h3-4,7-8,14,18H,5-6,9H2,1-2H3. The van der Waals surface area contributed by atoms with Crippen LogP contribution in [0, 0.1) is 6.92 Å². The Kier molecular flexibility index (Phi) is 3.85. The van der Waals surface area contributed by atoms with Gasteiger partial charge in [0, 0.05) is 10.9 Å². The number of fused-ring (bicyclic) bond motifs is 1. The average Bonchev–Trinajstić information content (AvgIpc) is 3.04. The second-order valence-corrected chi connectivity index (χ2v) is 6.06. The highest BCUT2D eigenvalue weighted by atomic mass is 79.9. The maximum absolute atomic E-state index is 5.79. The van der Waals surface area contributed by atoms with Crippen LogP contribution < -0.4 is 10.1 Å². The molecule has 0 aliphatic carbocycles. The van der Waals surface area contributed by atoms with E-state index in [2.05, 4.69) is 33.4 Å². The maximum atomic E-state index is 5.79. The van der Waals surface area contributed by atoms with E-state index in [0.717, 1.165) is 41.2 Å². The minimum absolute atomic E-state index is 0.159. The number of likely N-dealkylation sites (N-methyl/N-ethyl adjacent to an activating group) is 1. The van der Waals surface area contributed by atoms with Crippen LogP contribution in [0.1, 0.15) is 28.7 Å². The first-order chi connectivity index (χ1) is 9.67. The van der Waals surface area contributed by atoms with Crippen molar-refractivity contribution in [3.63, 3.8) is 0 Å². The van der Waals surface area contributed by atoms with Gasteiger partial charge < -0.3 is 14.5 Å². The second kappa shape index (κ2) is 5.62. The fraction of sp³-hybridized carbons (Fsp3) is 0.375. The lowest BCUT2D eigenvalue weighted by molar-refractivity contribution is 0.349. The van der Waals surface area contributed by atoms with E-state index in [9.17, 15) is 0 Å². The molecule has 0 spiro atoms. The molecule has 3 rings (SSSR count). The third kappa shape index (κ3) is 2.63. The average molecular weight is 336 g/mol. The van der Waals surface area contributed by atoms with Gasteiger partial charge in [-0.2, -0.15) is 0 Å². The van der Waals surface area contributed by atoms with Gasteiger partial charge >= 0.3 is 0 Å². The number of benzene rings is 1. The van der Waals surface area contributed by atoms with Gasteiger partial charge in [-0.05, 0) is 55.8 Å². The lowest BCUT2D eigenvalue weighted by Crippen LogP contribution is -2.18. The normalized spacial score (nSPS) is 14.9. The van der Waals surface area contributed by atoms with E-state index in [-0.39, 0.29) is 6.04 Å². The summed E-state index contributed by atoms with van der Waals surface area (Å²) in [6.45, 7) is 2.75. The van der Waals surface area contributed by atoms with Crippen molar-refractivity contribution in [3.8, 4) is 5.75 Å². The summed E-state index contributed by atoms with van der Waals surface area (Å²) in [4.78, 5) is 0. The van der Waals surface area contributed by atoms with E-state index < -0.39 is 0 Å². The molecule has 0 saturated carbocycles. The Labute approximate surface area is 127 Å². The number of halogens is 1. The molecule has 2 aromatic rings. The molecule has 3 nitrogen and oxygen atoms in total. The summed E-state index contributed by atoms with van der Waals surface area (Å²) in [6, 6.07) is 8.49. The predicted molar refractivity (Wildman–Crippen MR) is 82.3 cm³/mol. The summed E-state index contributed by atoms with van der Waals surface area (Å²) >= 11 is 3.59. The van der Waals surface area contributed by atoms with Crippen molar-refractivity contribution in [2.75, 3.05) is 13.7 Å². The Bertz CT molecular complexity index is 621. The summed E-state index contributed by atoms with van der Waals surface area (Å²) < 4.78 is 12.6. The maximum Gasteiger partial charge on any atom is 0.125 e. The minimum atomic E-state index is 0.159. The van der Waals surface area contributed by atoms with Gasteiger partial charge in [0.05, 0.1) is 12.6 Å². The zero-order valence-corrected chi connectivity index (χ0v) is 13.3. The lowest BCUT2D eigenvalue weighted by atomic mass is 10.0. The Morgan fingerprint density at radius 1 is 1.35 bits per heavy atom. The topological polar surface area (TPSA) is 34.4 Å². The van der Waals surface area contributed by atoms with E-state index in [1.165, 1.54) is 11.1 Å². The molecule has 0 bridgehead atoms. The Balaban J connectivity index is 1.90. The molecule has 1 aromatic heterocycles. The molecule has 4 heteroatoms. The number of aryl methyl sites for hydroxylation is 1. The van der Waals surface area contributed by atoms with Crippen LogP contribution in [0.3, 0.4) is 0 Å². The van der Waals surface area contributed by atoms with Crippen LogP contribution >= 0.6 is 15.9 Å². The number of hydrogen-bond acceptors (Lipinski definition) is 3. The van der Waals surface area contributed by atoms with Crippen LogP contribution in [-0.2, 0) is 12.8 Å². The molecule has 1 N–H and O–H groups in total. The molecule has 0 radical (unpaired) electrons. The van der Waals surface area contributed by atoms with Crippen LogP contribution in [0.4, 0.5) is 0 Å². The number of rotatable bonds is 4. The third-order valence-electron chi connectivity index (χ3n) is 3.70. The monoisotopic (exact) mass is 335 g/mol. The van der Waals surface area contributed by atoms with Gasteiger partial charge in [-0.15, -0.1) is 0 Å². The van der Waals surface area contributed by atoms with E-state index >= 15 is 0 Å². The third-order valence-corrected chi connectivity index (χ3v) is 4.16. The largest absolute Gasteiger partial charge is 0.493 e. The highest BCUT2D eigenvalue weighted by Crippen LogP contribution is 2.35. The summed E-state index contributed by atoms with van der Waals surface area (Å²) in [5.74, 6) is 2.96. The summed E-state index contributed by atoms with van der Waals surface area (Å²) in [7, 11) is 1.96. The first-order valence-electron chi connectivity index (χ1n) is 6.85.